The van der Waals surface area contributed by atoms with Crippen LogP contribution in [0, 0.1) is 0 Å². The summed E-state index contributed by atoms with van der Waals surface area (Å²) in [6.45, 7) is 1.92. The predicted octanol–water partition coefficient (Wildman–Crippen LogP) is 7.35. The summed E-state index contributed by atoms with van der Waals surface area (Å²) in [6, 6.07) is 20.9. The number of esters is 1. The van der Waals surface area contributed by atoms with Crippen LogP contribution in [0.1, 0.15) is 62.9 Å². The van der Waals surface area contributed by atoms with Crippen LogP contribution in [-0.4, -0.2) is 50.3 Å². The third kappa shape index (κ3) is 8.74. The highest BCUT2D eigenvalue weighted by molar-refractivity contribution is 8.00. The summed E-state index contributed by atoms with van der Waals surface area (Å²) in [6.07, 6.45) is 5.79. The third-order valence-corrected chi connectivity index (χ3v) is 10.6. The van der Waals surface area contributed by atoms with E-state index in [-0.39, 0.29) is 11.6 Å². The minimum Gasteiger partial charge on any atom is -0.493 e. The number of anilines is 2. The maximum absolute atomic E-state index is 13.7. The Hall–Kier alpha value is -5.07. The number of thioether (sulfide) groups is 1. The Labute approximate surface area is 299 Å². The fraction of sp³-hybridized carbons (Fsp3) is 0.263. The van der Waals surface area contributed by atoms with Crippen molar-refractivity contribution in [3.63, 3.8) is 0 Å². The van der Waals surface area contributed by atoms with Gasteiger partial charge in [0.1, 0.15) is 10.7 Å². The van der Waals surface area contributed by atoms with E-state index in [1.54, 1.807) is 72.8 Å². The van der Waals surface area contributed by atoms with Crippen LogP contribution < -0.4 is 25.4 Å². The van der Waals surface area contributed by atoms with Crippen molar-refractivity contribution >= 4 is 63.6 Å². The van der Waals surface area contributed by atoms with E-state index in [2.05, 4.69) is 16.0 Å². The highest BCUT2D eigenvalue weighted by Gasteiger charge is 2.29. The molecule has 0 fully saturated rings. The number of methoxy groups -OCH3 is 3. The molecule has 0 saturated carbocycles. The van der Waals surface area contributed by atoms with Crippen molar-refractivity contribution in [2.75, 3.05) is 32.0 Å². The quantitative estimate of drug-likeness (QED) is 0.0745. The van der Waals surface area contributed by atoms with E-state index in [4.69, 9.17) is 14.2 Å². The van der Waals surface area contributed by atoms with Gasteiger partial charge in [-0.3, -0.25) is 14.4 Å². The highest BCUT2D eigenvalue weighted by Crippen LogP contribution is 2.39. The van der Waals surface area contributed by atoms with Crippen molar-refractivity contribution in [3.05, 3.63) is 106 Å². The number of amides is 3. The molecule has 0 aliphatic heterocycles. The van der Waals surface area contributed by atoms with Crippen LogP contribution in [0.4, 0.5) is 10.7 Å². The molecule has 0 spiro atoms. The largest absolute Gasteiger partial charge is 0.493 e. The Bertz CT molecular complexity index is 1910. The molecule has 5 rings (SSSR count). The summed E-state index contributed by atoms with van der Waals surface area (Å²) < 4.78 is 15.8. The molecule has 10 nitrogen and oxygen atoms in total. The van der Waals surface area contributed by atoms with E-state index in [9.17, 15) is 19.2 Å². The number of carbonyl (C=O) groups is 4. The highest BCUT2D eigenvalue weighted by atomic mass is 32.2. The van der Waals surface area contributed by atoms with E-state index in [0.29, 0.717) is 45.3 Å². The van der Waals surface area contributed by atoms with Gasteiger partial charge in [-0.05, 0) is 91.8 Å². The first kappa shape index (κ1) is 36.2. The summed E-state index contributed by atoms with van der Waals surface area (Å²) in [7, 11) is 4.40. The molecule has 1 aliphatic rings. The predicted molar refractivity (Wildman–Crippen MR) is 197 cm³/mol. The van der Waals surface area contributed by atoms with Gasteiger partial charge in [0.05, 0.1) is 32.1 Å². The monoisotopic (exact) mass is 713 g/mol. The van der Waals surface area contributed by atoms with Crippen LogP contribution in [0.2, 0.25) is 0 Å². The van der Waals surface area contributed by atoms with Gasteiger partial charge in [0, 0.05) is 21.0 Å². The Morgan fingerprint density at radius 3 is 2.36 bits per heavy atom. The number of hydrogen-bond acceptors (Lipinski definition) is 9. The molecule has 1 aromatic heterocycles. The molecule has 1 unspecified atom stereocenters. The molecular formula is C38H39N3O7S2. The second-order valence-corrected chi connectivity index (χ2v) is 13.8. The molecule has 0 bridgehead atoms. The van der Waals surface area contributed by atoms with Crippen molar-refractivity contribution in [1.29, 1.82) is 0 Å². The van der Waals surface area contributed by atoms with Crippen molar-refractivity contribution in [2.45, 2.75) is 49.2 Å². The van der Waals surface area contributed by atoms with E-state index in [1.165, 1.54) is 44.4 Å². The van der Waals surface area contributed by atoms with Crippen molar-refractivity contribution in [3.8, 4) is 11.5 Å². The average molecular weight is 714 g/mol. The summed E-state index contributed by atoms with van der Waals surface area (Å²) >= 11 is 2.80. The molecular weight excluding hydrogens is 675 g/mol. The first-order valence-corrected chi connectivity index (χ1v) is 17.9. The summed E-state index contributed by atoms with van der Waals surface area (Å²) in [5, 5.41) is 8.69. The summed E-state index contributed by atoms with van der Waals surface area (Å²) in [4.78, 5) is 54.9. The molecule has 12 heteroatoms. The summed E-state index contributed by atoms with van der Waals surface area (Å²) in [5.74, 6) is -0.670. The average Bonchev–Trinajstić information content (AvgIpc) is 3.51. The number of aryl methyl sites for hydroxylation is 1. The van der Waals surface area contributed by atoms with Gasteiger partial charge < -0.3 is 30.2 Å². The fourth-order valence-electron chi connectivity index (χ4n) is 5.55. The topological polar surface area (TPSA) is 132 Å². The van der Waals surface area contributed by atoms with Crippen LogP contribution in [0.25, 0.3) is 6.08 Å². The smallest absolute Gasteiger partial charge is 0.341 e. The van der Waals surface area contributed by atoms with Crippen molar-refractivity contribution in [2.24, 2.45) is 0 Å². The number of fused-ring (bicyclic) bond motifs is 1. The fourth-order valence-corrected chi connectivity index (χ4v) is 7.84. The molecule has 3 N–H and O–H groups in total. The maximum Gasteiger partial charge on any atom is 0.341 e. The number of rotatable bonds is 13. The van der Waals surface area contributed by atoms with Crippen LogP contribution in [0.3, 0.4) is 0 Å². The SMILES string of the molecule is CCC(Sc1cccc(NC(=O)/C(=C\c2ccc(OC)c(OC)c2)NC(=O)c2ccccc2)c1)C(=O)Nc1sc2c(c1C(=O)OC)CCCC2. The van der Waals surface area contributed by atoms with Crippen LogP contribution >= 0.6 is 23.1 Å². The van der Waals surface area contributed by atoms with Crippen LogP contribution in [-0.2, 0) is 27.2 Å². The van der Waals surface area contributed by atoms with Crippen molar-refractivity contribution in [1.82, 2.24) is 5.32 Å². The molecule has 1 heterocycles. The van der Waals surface area contributed by atoms with Gasteiger partial charge in [-0.1, -0.05) is 37.3 Å². The summed E-state index contributed by atoms with van der Waals surface area (Å²) in [5.41, 5.74) is 2.91. The van der Waals surface area contributed by atoms with Gasteiger partial charge in [-0.25, -0.2) is 4.79 Å². The zero-order chi connectivity index (χ0) is 35.6. The standard InChI is InChI=1S/C38H39N3O7S2/c1-5-31(36(44)41-37-33(38(45)48-4)27-16-9-10-17-32(27)50-37)49-26-15-11-14-25(22-26)39-35(43)28(40-34(42)24-12-7-6-8-13-24)20-23-18-19-29(46-2)30(21-23)47-3/h6-8,11-15,18-22,31H,5,9-10,16-17H2,1-4H3,(H,39,43)(H,40,42)(H,41,44)/b28-20+. The third-order valence-electron chi connectivity index (χ3n) is 8.08. The van der Waals surface area contributed by atoms with E-state index in [1.807, 2.05) is 13.0 Å². The van der Waals surface area contributed by atoms with E-state index in [0.717, 1.165) is 41.0 Å². The first-order chi connectivity index (χ1) is 24.2. The number of benzene rings is 3. The normalized spacial score (nSPS) is 13.0. The van der Waals surface area contributed by atoms with E-state index < -0.39 is 23.0 Å². The van der Waals surface area contributed by atoms with Gasteiger partial charge >= 0.3 is 5.97 Å². The Morgan fingerprint density at radius 1 is 0.880 bits per heavy atom. The van der Waals surface area contributed by atoms with Gasteiger partial charge in [0.2, 0.25) is 5.91 Å². The lowest BCUT2D eigenvalue weighted by molar-refractivity contribution is -0.116. The molecule has 4 aromatic rings. The molecule has 0 radical (unpaired) electrons. The lowest BCUT2D eigenvalue weighted by Crippen LogP contribution is -2.30. The number of thiophene rings is 1. The van der Waals surface area contributed by atoms with Crippen LogP contribution in [0.5, 0.6) is 11.5 Å². The van der Waals surface area contributed by atoms with Gasteiger partial charge in [-0.15, -0.1) is 23.1 Å². The van der Waals surface area contributed by atoms with Gasteiger partial charge in [-0.2, -0.15) is 0 Å². The van der Waals surface area contributed by atoms with Crippen LogP contribution in [0.15, 0.2) is 83.4 Å². The molecule has 260 valence electrons. The number of carbonyl (C=O) groups excluding carboxylic acids is 4. The minimum atomic E-state index is -0.548. The minimum absolute atomic E-state index is 0.00926. The molecule has 0 saturated heterocycles. The Balaban J connectivity index is 1.34. The zero-order valence-corrected chi connectivity index (χ0v) is 29.9. The van der Waals surface area contributed by atoms with E-state index >= 15 is 0 Å². The zero-order valence-electron chi connectivity index (χ0n) is 28.3. The second kappa shape index (κ2) is 17.0. The maximum atomic E-state index is 13.7. The second-order valence-electron chi connectivity index (χ2n) is 11.4. The lowest BCUT2D eigenvalue weighted by Gasteiger charge is -2.16. The van der Waals surface area contributed by atoms with Crippen molar-refractivity contribution < 1.29 is 33.4 Å². The lowest BCUT2D eigenvalue weighted by atomic mass is 9.95. The number of ether oxygens (including phenoxy) is 3. The molecule has 3 aromatic carbocycles. The number of nitrogens with one attached hydrogen (secondary N) is 3. The number of hydrogen-bond donors (Lipinski definition) is 3. The molecule has 3 amide bonds. The molecule has 1 atom stereocenters. The first-order valence-electron chi connectivity index (χ1n) is 16.2. The van der Waals surface area contributed by atoms with Gasteiger partial charge in [0.25, 0.3) is 11.8 Å². The van der Waals surface area contributed by atoms with Gasteiger partial charge in [0.15, 0.2) is 11.5 Å². The molecule has 1 aliphatic carbocycles. The Morgan fingerprint density at radius 2 is 1.64 bits per heavy atom. The molecule has 50 heavy (non-hydrogen) atoms. The Kier molecular flexibility index (Phi) is 12.3.